The molecule has 2 amide bonds. The lowest BCUT2D eigenvalue weighted by atomic mass is 10.2. The summed E-state index contributed by atoms with van der Waals surface area (Å²) in [5.41, 5.74) is 0.800. The van der Waals surface area contributed by atoms with Crippen LogP contribution in [0.15, 0.2) is 30.3 Å². The summed E-state index contributed by atoms with van der Waals surface area (Å²) in [6, 6.07) is 9.33. The number of carbonyl (C=O) groups is 2. The maximum absolute atomic E-state index is 12.0. The predicted octanol–water partition coefficient (Wildman–Crippen LogP) is 0.0897. The Hall–Kier alpha value is -2.32. The van der Waals surface area contributed by atoms with Crippen LogP contribution in [0, 0.1) is 11.8 Å². The molecule has 1 aliphatic heterocycles. The molecule has 2 rings (SSSR count). The minimum absolute atomic E-state index is 0.233. The SMILES string of the molecule is CC(O)C(=O)N1CCN(C(=O)C#Cc2ccccc2)CC1. The second-order valence-corrected chi connectivity index (χ2v) is 4.91. The predicted molar refractivity (Wildman–Crippen MR) is 78.2 cm³/mol. The maximum atomic E-state index is 12.0. The molecule has 0 saturated carbocycles. The number of aliphatic hydroxyl groups excluding tert-OH is 1. The van der Waals surface area contributed by atoms with E-state index in [1.165, 1.54) is 6.92 Å². The summed E-state index contributed by atoms with van der Waals surface area (Å²) in [4.78, 5) is 26.8. The van der Waals surface area contributed by atoms with Gasteiger partial charge >= 0.3 is 0 Å². The van der Waals surface area contributed by atoms with Gasteiger partial charge in [0.15, 0.2) is 0 Å². The normalized spacial score (nSPS) is 15.9. The lowest BCUT2D eigenvalue weighted by molar-refractivity contribution is -0.143. The van der Waals surface area contributed by atoms with E-state index in [0.29, 0.717) is 26.2 Å². The third-order valence-electron chi connectivity index (χ3n) is 3.32. The Kier molecular flexibility index (Phi) is 4.96. The summed E-state index contributed by atoms with van der Waals surface area (Å²) in [7, 11) is 0. The number of hydrogen-bond acceptors (Lipinski definition) is 3. The van der Waals surface area contributed by atoms with E-state index in [2.05, 4.69) is 11.8 Å². The minimum Gasteiger partial charge on any atom is -0.384 e. The van der Waals surface area contributed by atoms with E-state index in [9.17, 15) is 14.7 Å². The Labute approximate surface area is 124 Å². The number of carbonyl (C=O) groups excluding carboxylic acids is 2. The van der Waals surface area contributed by atoms with Crippen LogP contribution in [-0.4, -0.2) is 59.0 Å². The molecule has 0 spiro atoms. The van der Waals surface area contributed by atoms with Crippen LogP contribution >= 0.6 is 0 Å². The van der Waals surface area contributed by atoms with E-state index >= 15 is 0 Å². The summed E-state index contributed by atoms with van der Waals surface area (Å²) in [5, 5.41) is 9.26. The highest BCUT2D eigenvalue weighted by atomic mass is 16.3. The first-order valence-electron chi connectivity index (χ1n) is 6.91. The molecule has 0 bridgehead atoms. The Balaban J connectivity index is 1.89. The quantitative estimate of drug-likeness (QED) is 0.744. The smallest absolute Gasteiger partial charge is 0.298 e. The Morgan fingerprint density at radius 2 is 1.67 bits per heavy atom. The molecular formula is C16H18N2O3. The average molecular weight is 286 g/mol. The Bertz CT molecular complexity index is 564. The van der Waals surface area contributed by atoms with Crippen LogP contribution in [0.4, 0.5) is 0 Å². The van der Waals surface area contributed by atoms with Crippen LogP contribution in [0.2, 0.25) is 0 Å². The van der Waals surface area contributed by atoms with Crippen molar-refractivity contribution in [3.05, 3.63) is 35.9 Å². The van der Waals surface area contributed by atoms with Gasteiger partial charge in [-0.15, -0.1) is 0 Å². The Morgan fingerprint density at radius 1 is 1.10 bits per heavy atom. The number of benzene rings is 1. The van der Waals surface area contributed by atoms with Crippen LogP contribution in [0.25, 0.3) is 0 Å². The topological polar surface area (TPSA) is 60.9 Å². The van der Waals surface area contributed by atoms with Crippen molar-refractivity contribution in [2.24, 2.45) is 0 Å². The fraction of sp³-hybridized carbons (Fsp3) is 0.375. The molecule has 1 aromatic rings. The van der Waals surface area contributed by atoms with Gasteiger partial charge in [0.1, 0.15) is 6.10 Å². The van der Waals surface area contributed by atoms with Crippen LogP contribution in [0.1, 0.15) is 12.5 Å². The summed E-state index contributed by atoms with van der Waals surface area (Å²) in [6.45, 7) is 3.21. The number of amides is 2. The highest BCUT2D eigenvalue weighted by molar-refractivity contribution is 5.94. The zero-order valence-electron chi connectivity index (χ0n) is 12.0. The van der Waals surface area contributed by atoms with E-state index in [-0.39, 0.29) is 11.8 Å². The zero-order valence-corrected chi connectivity index (χ0v) is 12.0. The molecule has 0 aliphatic carbocycles. The van der Waals surface area contributed by atoms with Crippen molar-refractivity contribution in [2.75, 3.05) is 26.2 Å². The lowest BCUT2D eigenvalue weighted by Gasteiger charge is -2.34. The van der Waals surface area contributed by atoms with Crippen molar-refractivity contribution in [1.29, 1.82) is 0 Å². The van der Waals surface area contributed by atoms with Gasteiger partial charge in [0.2, 0.25) is 0 Å². The first-order chi connectivity index (χ1) is 10.1. The van der Waals surface area contributed by atoms with Crippen LogP contribution in [-0.2, 0) is 9.59 Å². The van der Waals surface area contributed by atoms with E-state index in [4.69, 9.17) is 0 Å². The highest BCUT2D eigenvalue weighted by Gasteiger charge is 2.25. The fourth-order valence-corrected chi connectivity index (χ4v) is 2.12. The highest BCUT2D eigenvalue weighted by Crippen LogP contribution is 2.04. The van der Waals surface area contributed by atoms with Gasteiger partial charge in [0, 0.05) is 37.7 Å². The van der Waals surface area contributed by atoms with Gasteiger partial charge in [-0.3, -0.25) is 9.59 Å². The molecule has 1 atom stereocenters. The van der Waals surface area contributed by atoms with E-state index < -0.39 is 6.10 Å². The van der Waals surface area contributed by atoms with Crippen molar-refractivity contribution < 1.29 is 14.7 Å². The molecule has 21 heavy (non-hydrogen) atoms. The van der Waals surface area contributed by atoms with Crippen molar-refractivity contribution in [1.82, 2.24) is 9.80 Å². The van der Waals surface area contributed by atoms with E-state index in [1.807, 2.05) is 30.3 Å². The largest absolute Gasteiger partial charge is 0.384 e. The molecular weight excluding hydrogens is 268 g/mol. The summed E-state index contributed by atoms with van der Waals surface area (Å²) < 4.78 is 0. The number of rotatable bonds is 1. The number of nitrogens with zero attached hydrogens (tertiary/aromatic N) is 2. The third-order valence-corrected chi connectivity index (χ3v) is 3.32. The van der Waals surface area contributed by atoms with Gasteiger partial charge in [0.05, 0.1) is 0 Å². The van der Waals surface area contributed by atoms with E-state index in [1.54, 1.807) is 9.80 Å². The summed E-state index contributed by atoms with van der Waals surface area (Å²) >= 11 is 0. The van der Waals surface area contributed by atoms with Gasteiger partial charge in [0.25, 0.3) is 11.8 Å². The van der Waals surface area contributed by atoms with Crippen LogP contribution in [0.5, 0.6) is 0 Å². The molecule has 0 aromatic heterocycles. The minimum atomic E-state index is -0.995. The molecule has 1 unspecified atom stereocenters. The van der Waals surface area contributed by atoms with Crippen molar-refractivity contribution in [3.8, 4) is 11.8 Å². The van der Waals surface area contributed by atoms with Gasteiger partial charge in [-0.1, -0.05) is 24.1 Å². The van der Waals surface area contributed by atoms with Crippen LogP contribution in [0.3, 0.4) is 0 Å². The van der Waals surface area contributed by atoms with Crippen LogP contribution < -0.4 is 0 Å². The number of hydrogen-bond donors (Lipinski definition) is 1. The zero-order chi connectivity index (χ0) is 15.2. The molecule has 1 saturated heterocycles. The molecule has 5 nitrogen and oxygen atoms in total. The second-order valence-electron chi connectivity index (χ2n) is 4.91. The molecule has 110 valence electrons. The van der Waals surface area contributed by atoms with Crippen molar-refractivity contribution in [2.45, 2.75) is 13.0 Å². The fourth-order valence-electron chi connectivity index (χ4n) is 2.12. The molecule has 5 heteroatoms. The average Bonchev–Trinajstić information content (AvgIpc) is 2.53. The number of aliphatic hydroxyl groups is 1. The van der Waals surface area contributed by atoms with Crippen molar-refractivity contribution >= 4 is 11.8 Å². The van der Waals surface area contributed by atoms with Gasteiger partial charge in [-0.05, 0) is 19.1 Å². The van der Waals surface area contributed by atoms with Crippen molar-refractivity contribution in [3.63, 3.8) is 0 Å². The van der Waals surface area contributed by atoms with E-state index in [0.717, 1.165) is 5.56 Å². The molecule has 1 heterocycles. The summed E-state index contributed by atoms with van der Waals surface area (Å²) in [6.07, 6.45) is -0.995. The molecule has 0 radical (unpaired) electrons. The number of piperazine rings is 1. The molecule has 1 aliphatic rings. The second kappa shape index (κ2) is 6.91. The standard InChI is InChI=1S/C16H18N2O3/c1-13(19)16(21)18-11-9-17(10-12-18)15(20)8-7-14-5-3-2-4-6-14/h2-6,13,19H,9-12H2,1H3. The third kappa shape index (κ3) is 4.07. The summed E-state index contributed by atoms with van der Waals surface area (Å²) in [5.74, 6) is 4.92. The lowest BCUT2D eigenvalue weighted by Crippen LogP contribution is -2.52. The van der Waals surface area contributed by atoms with Gasteiger partial charge < -0.3 is 14.9 Å². The maximum Gasteiger partial charge on any atom is 0.298 e. The molecule has 1 aromatic carbocycles. The molecule has 1 N–H and O–H groups in total. The first-order valence-corrected chi connectivity index (χ1v) is 6.91. The monoisotopic (exact) mass is 286 g/mol. The molecule has 1 fully saturated rings. The Morgan fingerprint density at radius 3 is 2.24 bits per heavy atom. The van der Waals surface area contributed by atoms with Gasteiger partial charge in [-0.2, -0.15) is 0 Å². The first kappa shape index (κ1) is 15.1. The van der Waals surface area contributed by atoms with Gasteiger partial charge in [-0.25, -0.2) is 0 Å².